The highest BCUT2D eigenvalue weighted by Gasteiger charge is 2.26. The summed E-state index contributed by atoms with van der Waals surface area (Å²) in [4.78, 5) is 21.8. The second-order valence-corrected chi connectivity index (χ2v) is 9.54. The number of hydrogen-bond donors (Lipinski definition) is 2. The Bertz CT molecular complexity index is 1280. The van der Waals surface area contributed by atoms with Crippen LogP contribution in [0.4, 0.5) is 5.00 Å². The number of anilines is 1. The van der Waals surface area contributed by atoms with Crippen molar-refractivity contribution in [3.8, 4) is 16.5 Å². The summed E-state index contributed by atoms with van der Waals surface area (Å²) in [6, 6.07) is 18.4. The van der Waals surface area contributed by atoms with Crippen LogP contribution < -0.4 is 5.32 Å². The highest BCUT2D eigenvalue weighted by atomic mass is 32.2. The number of carbonyl (C=O) groups excluding carboxylic acids is 1. The third-order valence-electron chi connectivity index (χ3n) is 5.29. The number of nitrogens with zero attached hydrogens (tertiary/aromatic N) is 2. The molecule has 2 heterocycles. The van der Waals surface area contributed by atoms with Gasteiger partial charge in [0.15, 0.2) is 5.16 Å². The summed E-state index contributed by atoms with van der Waals surface area (Å²) in [6.45, 7) is 1.85. The van der Waals surface area contributed by atoms with E-state index < -0.39 is 0 Å². The molecule has 2 N–H and O–H groups in total. The first-order valence-corrected chi connectivity index (χ1v) is 11.4. The molecule has 2 aromatic carbocycles. The zero-order valence-corrected chi connectivity index (χ0v) is 17.9. The third-order valence-corrected chi connectivity index (χ3v) is 7.45. The molecule has 2 aromatic heterocycles. The largest absolute Gasteiger partial charge is 0.333 e. The molecule has 4 aromatic rings. The Balaban J connectivity index is 1.38. The molecular formula is C23H18N4OS2. The Labute approximate surface area is 182 Å². The van der Waals surface area contributed by atoms with Crippen molar-refractivity contribution < 1.29 is 4.79 Å². The van der Waals surface area contributed by atoms with Gasteiger partial charge in [0.1, 0.15) is 11.1 Å². The van der Waals surface area contributed by atoms with Crippen LogP contribution in [0.25, 0.3) is 21.5 Å². The Kier molecular flexibility index (Phi) is 4.81. The lowest BCUT2D eigenvalue weighted by molar-refractivity contribution is -0.115. The lowest BCUT2D eigenvalue weighted by Crippen LogP contribution is -2.22. The van der Waals surface area contributed by atoms with E-state index in [1.54, 1.807) is 0 Å². The first-order valence-electron chi connectivity index (χ1n) is 9.70. The van der Waals surface area contributed by atoms with Crippen LogP contribution in [0.5, 0.6) is 0 Å². The van der Waals surface area contributed by atoms with E-state index in [1.165, 1.54) is 34.2 Å². The smallest absolute Gasteiger partial charge is 0.238 e. The number of carbonyl (C=O) groups is 1. The molecule has 1 aliphatic rings. The fourth-order valence-electron chi connectivity index (χ4n) is 3.77. The molecule has 5 rings (SSSR count). The number of thioether (sulfide) groups is 1. The standard InChI is InChI=1S/C23H18N4OS2/c1-13(29-23-25-18-8-4-5-9-19(18)26-23)21(28)27-22-17(12-24)16-11-10-14-6-2-3-7-15(14)20(16)30-22/h2-9,13H,10-11H2,1H3,(H,25,26)(H,27,28). The van der Waals surface area contributed by atoms with Gasteiger partial charge in [0.25, 0.3) is 0 Å². The van der Waals surface area contributed by atoms with Crippen LogP contribution in [-0.4, -0.2) is 21.1 Å². The SMILES string of the molecule is CC(Sc1nc2ccccc2[nH]1)C(=O)Nc1sc2c(c1C#N)CCc1ccccc1-2. The lowest BCUT2D eigenvalue weighted by atomic mass is 9.90. The Morgan fingerprint density at radius 3 is 2.87 bits per heavy atom. The van der Waals surface area contributed by atoms with Crippen molar-refractivity contribution in [2.45, 2.75) is 30.2 Å². The van der Waals surface area contributed by atoms with Crippen molar-refractivity contribution in [1.29, 1.82) is 5.26 Å². The maximum Gasteiger partial charge on any atom is 0.238 e. The third kappa shape index (κ3) is 3.28. The van der Waals surface area contributed by atoms with Crippen LogP contribution in [0.3, 0.4) is 0 Å². The van der Waals surface area contributed by atoms with Gasteiger partial charge in [-0.1, -0.05) is 48.2 Å². The number of thiophene rings is 1. The van der Waals surface area contributed by atoms with E-state index in [4.69, 9.17) is 0 Å². The van der Waals surface area contributed by atoms with Gasteiger partial charge in [-0.15, -0.1) is 11.3 Å². The highest BCUT2D eigenvalue weighted by Crippen LogP contribution is 2.45. The van der Waals surface area contributed by atoms with Crippen LogP contribution in [0.15, 0.2) is 53.7 Å². The molecule has 0 spiro atoms. The number of para-hydroxylation sites is 2. The summed E-state index contributed by atoms with van der Waals surface area (Å²) >= 11 is 2.87. The van der Waals surface area contributed by atoms with Gasteiger partial charge in [-0.2, -0.15) is 5.26 Å². The number of H-pyrrole nitrogens is 1. The minimum absolute atomic E-state index is 0.135. The molecule has 1 unspecified atom stereocenters. The molecule has 0 saturated heterocycles. The number of aromatic nitrogens is 2. The van der Waals surface area contributed by atoms with Gasteiger partial charge in [-0.25, -0.2) is 4.98 Å². The van der Waals surface area contributed by atoms with E-state index in [1.807, 2.05) is 43.3 Å². The average Bonchev–Trinajstić information content (AvgIpc) is 3.33. The number of amides is 1. The van der Waals surface area contributed by atoms with Gasteiger partial charge in [-0.3, -0.25) is 4.79 Å². The summed E-state index contributed by atoms with van der Waals surface area (Å²) in [5, 5.41) is 13.8. The number of aromatic amines is 1. The number of imidazole rings is 1. The average molecular weight is 431 g/mol. The summed E-state index contributed by atoms with van der Waals surface area (Å²) in [5.41, 5.74) is 5.94. The molecule has 1 aliphatic carbocycles. The summed E-state index contributed by atoms with van der Waals surface area (Å²) in [6.07, 6.45) is 1.74. The topological polar surface area (TPSA) is 81.6 Å². The van der Waals surface area contributed by atoms with E-state index in [9.17, 15) is 10.1 Å². The first kappa shape index (κ1) is 18.9. The number of fused-ring (bicyclic) bond motifs is 4. The number of aryl methyl sites for hydroxylation is 1. The quantitative estimate of drug-likeness (QED) is 0.426. The van der Waals surface area contributed by atoms with Crippen molar-refractivity contribution in [3.05, 3.63) is 65.2 Å². The highest BCUT2D eigenvalue weighted by molar-refractivity contribution is 8.00. The lowest BCUT2D eigenvalue weighted by Gasteiger charge is -2.15. The van der Waals surface area contributed by atoms with Crippen molar-refractivity contribution in [2.75, 3.05) is 5.32 Å². The van der Waals surface area contributed by atoms with Crippen LogP contribution in [0, 0.1) is 11.3 Å². The molecule has 0 bridgehead atoms. The van der Waals surface area contributed by atoms with Crippen LogP contribution in [0.2, 0.25) is 0 Å². The zero-order chi connectivity index (χ0) is 20.7. The van der Waals surface area contributed by atoms with Crippen LogP contribution >= 0.6 is 23.1 Å². The monoisotopic (exact) mass is 430 g/mol. The van der Waals surface area contributed by atoms with E-state index in [0.29, 0.717) is 15.7 Å². The second kappa shape index (κ2) is 7.63. The fraction of sp³-hybridized carbons (Fsp3) is 0.174. The van der Waals surface area contributed by atoms with Gasteiger partial charge in [0, 0.05) is 4.88 Å². The molecule has 0 saturated carbocycles. The normalized spacial score (nSPS) is 13.3. The molecule has 0 fully saturated rings. The van der Waals surface area contributed by atoms with Gasteiger partial charge in [-0.05, 0) is 48.6 Å². The van der Waals surface area contributed by atoms with Gasteiger partial charge in [0.05, 0.1) is 21.8 Å². The molecule has 0 radical (unpaired) electrons. The van der Waals surface area contributed by atoms with E-state index in [2.05, 4.69) is 33.5 Å². The van der Waals surface area contributed by atoms with Crippen LogP contribution in [-0.2, 0) is 17.6 Å². The molecule has 148 valence electrons. The minimum atomic E-state index is -0.358. The molecule has 1 amide bonds. The predicted molar refractivity (Wildman–Crippen MR) is 122 cm³/mol. The number of nitriles is 1. The van der Waals surface area contributed by atoms with Gasteiger partial charge in [0.2, 0.25) is 5.91 Å². The number of hydrogen-bond acceptors (Lipinski definition) is 5. The minimum Gasteiger partial charge on any atom is -0.333 e. The fourth-order valence-corrected chi connectivity index (χ4v) is 5.85. The van der Waals surface area contributed by atoms with Crippen molar-refractivity contribution in [3.63, 3.8) is 0 Å². The maximum atomic E-state index is 12.9. The first-order chi connectivity index (χ1) is 14.6. The molecule has 7 heteroatoms. The number of benzene rings is 2. The number of rotatable bonds is 4. The van der Waals surface area contributed by atoms with Crippen molar-refractivity contribution >= 4 is 45.0 Å². The molecule has 30 heavy (non-hydrogen) atoms. The molecular weight excluding hydrogens is 412 g/mol. The molecule has 0 aliphatic heterocycles. The maximum absolute atomic E-state index is 12.9. The van der Waals surface area contributed by atoms with Gasteiger partial charge >= 0.3 is 0 Å². The number of nitrogens with one attached hydrogen (secondary N) is 2. The zero-order valence-electron chi connectivity index (χ0n) is 16.2. The summed E-state index contributed by atoms with van der Waals surface area (Å²) in [7, 11) is 0. The van der Waals surface area contributed by atoms with E-state index >= 15 is 0 Å². The van der Waals surface area contributed by atoms with E-state index in [0.717, 1.165) is 34.3 Å². The van der Waals surface area contributed by atoms with Crippen LogP contribution in [0.1, 0.15) is 23.6 Å². The Morgan fingerprint density at radius 2 is 2.03 bits per heavy atom. The van der Waals surface area contributed by atoms with E-state index in [-0.39, 0.29) is 11.2 Å². The van der Waals surface area contributed by atoms with Gasteiger partial charge < -0.3 is 10.3 Å². The van der Waals surface area contributed by atoms with Crippen molar-refractivity contribution in [2.24, 2.45) is 0 Å². The second-order valence-electron chi connectivity index (χ2n) is 7.19. The molecule has 1 atom stereocenters. The molecule has 5 nitrogen and oxygen atoms in total. The summed E-state index contributed by atoms with van der Waals surface area (Å²) < 4.78 is 0. The van der Waals surface area contributed by atoms with Crippen molar-refractivity contribution in [1.82, 2.24) is 9.97 Å². The Hall–Kier alpha value is -3.08. The Morgan fingerprint density at radius 1 is 1.23 bits per heavy atom. The summed E-state index contributed by atoms with van der Waals surface area (Å²) in [5.74, 6) is -0.135. The predicted octanol–water partition coefficient (Wildman–Crippen LogP) is 5.38.